The van der Waals surface area contributed by atoms with E-state index in [4.69, 9.17) is 9.72 Å². The summed E-state index contributed by atoms with van der Waals surface area (Å²) in [5, 5.41) is 3.40. The third kappa shape index (κ3) is 6.44. The van der Waals surface area contributed by atoms with Crippen molar-refractivity contribution in [2.75, 3.05) is 37.7 Å². The molecule has 0 unspecified atom stereocenters. The van der Waals surface area contributed by atoms with Gasteiger partial charge in [-0.05, 0) is 44.5 Å². The van der Waals surface area contributed by atoms with Gasteiger partial charge in [0.25, 0.3) is 0 Å². The number of aryl methyl sites for hydroxylation is 1. The van der Waals surface area contributed by atoms with E-state index in [1.807, 2.05) is 6.92 Å². The van der Waals surface area contributed by atoms with Gasteiger partial charge >= 0.3 is 0 Å². The Hall–Kier alpha value is -1.13. The highest BCUT2D eigenvalue weighted by Crippen LogP contribution is 2.16. The fourth-order valence-corrected chi connectivity index (χ4v) is 2.30. The third-order valence-corrected chi connectivity index (χ3v) is 3.43. The van der Waals surface area contributed by atoms with Crippen LogP contribution in [0.5, 0.6) is 0 Å². The molecule has 0 spiro atoms. The van der Waals surface area contributed by atoms with E-state index in [1.165, 1.54) is 11.3 Å². The van der Waals surface area contributed by atoms with E-state index in [-0.39, 0.29) is 0 Å². The number of ether oxygens (including phenoxy) is 1. The van der Waals surface area contributed by atoms with Gasteiger partial charge < -0.3 is 15.0 Å². The second kappa shape index (κ2) is 10.6. The van der Waals surface area contributed by atoms with Crippen LogP contribution in [0.3, 0.4) is 0 Å². The standard InChI is InChI=1S/C17H31N3O/c1-5-9-16-12-15(14-18-6-2)13-17(19-16)20(7-3)10-11-21-8-4/h12-13,18H,5-11,14H2,1-4H3. The van der Waals surface area contributed by atoms with Crippen molar-refractivity contribution in [1.29, 1.82) is 0 Å². The quantitative estimate of drug-likeness (QED) is 0.636. The number of nitrogens with zero attached hydrogens (tertiary/aromatic N) is 2. The fraction of sp³-hybridized carbons (Fsp3) is 0.706. The van der Waals surface area contributed by atoms with Crippen molar-refractivity contribution < 1.29 is 4.74 Å². The SMILES string of the molecule is CCCc1cc(CNCC)cc(N(CC)CCOCC)n1. The van der Waals surface area contributed by atoms with Gasteiger partial charge in [0.15, 0.2) is 0 Å². The molecule has 1 rings (SSSR count). The van der Waals surface area contributed by atoms with Gasteiger partial charge in [0, 0.05) is 31.9 Å². The minimum absolute atomic E-state index is 0.757. The van der Waals surface area contributed by atoms with Crippen LogP contribution in [0.2, 0.25) is 0 Å². The van der Waals surface area contributed by atoms with E-state index in [0.717, 1.165) is 58.1 Å². The molecule has 0 aliphatic rings. The molecule has 1 aromatic heterocycles. The molecule has 120 valence electrons. The number of pyridine rings is 1. The number of hydrogen-bond acceptors (Lipinski definition) is 4. The number of rotatable bonds is 11. The number of likely N-dealkylation sites (N-methyl/N-ethyl adjacent to an activating group) is 1. The molecule has 0 saturated heterocycles. The first-order valence-electron chi connectivity index (χ1n) is 8.28. The summed E-state index contributed by atoms with van der Waals surface area (Å²) in [6.07, 6.45) is 2.16. The zero-order valence-corrected chi connectivity index (χ0v) is 14.1. The minimum atomic E-state index is 0.757. The highest BCUT2D eigenvalue weighted by Gasteiger charge is 2.09. The molecule has 1 N–H and O–H groups in total. The summed E-state index contributed by atoms with van der Waals surface area (Å²) >= 11 is 0. The molecule has 0 bridgehead atoms. The second-order valence-corrected chi connectivity index (χ2v) is 5.13. The molecule has 0 aromatic carbocycles. The van der Waals surface area contributed by atoms with Crippen molar-refractivity contribution in [2.45, 2.75) is 47.1 Å². The molecule has 4 nitrogen and oxygen atoms in total. The highest BCUT2D eigenvalue weighted by atomic mass is 16.5. The largest absolute Gasteiger partial charge is 0.380 e. The molecular formula is C17H31N3O. The molecular weight excluding hydrogens is 262 g/mol. The molecule has 0 amide bonds. The molecule has 0 saturated carbocycles. The Morgan fingerprint density at radius 1 is 1.19 bits per heavy atom. The van der Waals surface area contributed by atoms with E-state index in [0.29, 0.717) is 0 Å². The molecule has 21 heavy (non-hydrogen) atoms. The number of nitrogens with one attached hydrogen (secondary N) is 1. The number of aromatic nitrogens is 1. The summed E-state index contributed by atoms with van der Waals surface area (Å²) in [6.45, 7) is 13.8. The van der Waals surface area contributed by atoms with Gasteiger partial charge in [-0.1, -0.05) is 20.3 Å². The van der Waals surface area contributed by atoms with Crippen LogP contribution in [-0.2, 0) is 17.7 Å². The fourth-order valence-electron chi connectivity index (χ4n) is 2.30. The van der Waals surface area contributed by atoms with Crippen LogP contribution in [0.15, 0.2) is 12.1 Å². The molecule has 0 atom stereocenters. The lowest BCUT2D eigenvalue weighted by Crippen LogP contribution is -2.28. The molecule has 0 radical (unpaired) electrons. The zero-order valence-electron chi connectivity index (χ0n) is 14.1. The van der Waals surface area contributed by atoms with E-state index in [1.54, 1.807) is 0 Å². The van der Waals surface area contributed by atoms with Gasteiger partial charge in [0.2, 0.25) is 0 Å². The monoisotopic (exact) mass is 293 g/mol. The average Bonchev–Trinajstić information content (AvgIpc) is 2.50. The summed E-state index contributed by atoms with van der Waals surface area (Å²) in [5.74, 6) is 1.08. The summed E-state index contributed by atoms with van der Waals surface area (Å²) in [4.78, 5) is 7.12. The van der Waals surface area contributed by atoms with Crippen molar-refractivity contribution in [3.63, 3.8) is 0 Å². The van der Waals surface area contributed by atoms with Crippen molar-refractivity contribution in [1.82, 2.24) is 10.3 Å². The van der Waals surface area contributed by atoms with E-state index >= 15 is 0 Å². The van der Waals surface area contributed by atoms with Crippen molar-refractivity contribution >= 4 is 5.82 Å². The van der Waals surface area contributed by atoms with Crippen LogP contribution in [-0.4, -0.2) is 37.8 Å². The maximum atomic E-state index is 5.48. The summed E-state index contributed by atoms with van der Waals surface area (Å²) < 4.78 is 5.48. The van der Waals surface area contributed by atoms with E-state index in [9.17, 15) is 0 Å². The first kappa shape index (κ1) is 17.9. The summed E-state index contributed by atoms with van der Waals surface area (Å²) in [6, 6.07) is 4.43. The first-order chi connectivity index (χ1) is 10.2. The van der Waals surface area contributed by atoms with Crippen LogP contribution < -0.4 is 10.2 Å². The van der Waals surface area contributed by atoms with Gasteiger partial charge in [-0.2, -0.15) is 0 Å². The molecule has 0 aliphatic carbocycles. The molecule has 1 heterocycles. The number of hydrogen-bond donors (Lipinski definition) is 1. The molecule has 4 heteroatoms. The molecule has 0 aliphatic heterocycles. The zero-order chi connectivity index (χ0) is 15.5. The minimum Gasteiger partial charge on any atom is -0.380 e. The normalized spacial score (nSPS) is 10.9. The van der Waals surface area contributed by atoms with Gasteiger partial charge in [0.1, 0.15) is 5.82 Å². The lowest BCUT2D eigenvalue weighted by atomic mass is 10.1. The second-order valence-electron chi connectivity index (χ2n) is 5.13. The third-order valence-electron chi connectivity index (χ3n) is 3.43. The van der Waals surface area contributed by atoms with Crippen molar-refractivity contribution in [3.05, 3.63) is 23.4 Å². The van der Waals surface area contributed by atoms with Gasteiger partial charge in [-0.15, -0.1) is 0 Å². The van der Waals surface area contributed by atoms with Crippen molar-refractivity contribution in [2.24, 2.45) is 0 Å². The predicted molar refractivity (Wildman–Crippen MR) is 90.0 cm³/mol. The summed E-state index contributed by atoms with van der Waals surface area (Å²) in [5.41, 5.74) is 2.51. The Morgan fingerprint density at radius 2 is 2.00 bits per heavy atom. The van der Waals surface area contributed by atoms with Crippen LogP contribution >= 0.6 is 0 Å². The van der Waals surface area contributed by atoms with Crippen LogP contribution in [0.1, 0.15) is 45.4 Å². The van der Waals surface area contributed by atoms with Gasteiger partial charge in [0.05, 0.1) is 6.61 Å². The van der Waals surface area contributed by atoms with Crippen LogP contribution in [0.25, 0.3) is 0 Å². The van der Waals surface area contributed by atoms with E-state index in [2.05, 4.69) is 43.1 Å². The van der Waals surface area contributed by atoms with Crippen LogP contribution in [0, 0.1) is 0 Å². The van der Waals surface area contributed by atoms with Gasteiger partial charge in [-0.25, -0.2) is 4.98 Å². The van der Waals surface area contributed by atoms with E-state index < -0.39 is 0 Å². The number of anilines is 1. The molecule has 0 fully saturated rings. The smallest absolute Gasteiger partial charge is 0.129 e. The first-order valence-corrected chi connectivity index (χ1v) is 8.28. The average molecular weight is 293 g/mol. The maximum Gasteiger partial charge on any atom is 0.129 e. The Labute approximate surface area is 129 Å². The highest BCUT2D eigenvalue weighted by molar-refractivity contribution is 5.42. The summed E-state index contributed by atoms with van der Waals surface area (Å²) in [7, 11) is 0. The Morgan fingerprint density at radius 3 is 2.62 bits per heavy atom. The predicted octanol–water partition coefficient (Wildman–Crippen LogP) is 3.01. The Bertz CT molecular complexity index is 396. The Kier molecular flexibility index (Phi) is 9.02. The molecule has 1 aromatic rings. The van der Waals surface area contributed by atoms with Crippen LogP contribution in [0.4, 0.5) is 5.82 Å². The lowest BCUT2D eigenvalue weighted by molar-refractivity contribution is 0.154. The Balaban J connectivity index is 2.87. The maximum absolute atomic E-state index is 5.48. The van der Waals surface area contributed by atoms with Crippen molar-refractivity contribution in [3.8, 4) is 0 Å². The van der Waals surface area contributed by atoms with Gasteiger partial charge in [-0.3, -0.25) is 0 Å². The topological polar surface area (TPSA) is 37.4 Å². The lowest BCUT2D eigenvalue weighted by Gasteiger charge is -2.23.